The molecule has 0 aromatic heterocycles. The fraction of sp³-hybridized carbons (Fsp3) is 0.467. The van der Waals surface area contributed by atoms with E-state index in [0.717, 1.165) is 13.2 Å². The Morgan fingerprint density at radius 3 is 2.35 bits per heavy atom. The summed E-state index contributed by atoms with van der Waals surface area (Å²) in [7, 11) is 1.10. The average Bonchev–Trinajstić information content (AvgIpc) is 2.49. The number of halogens is 2. The van der Waals surface area contributed by atoms with Gasteiger partial charge in [-0.05, 0) is 20.8 Å². The second-order valence-corrected chi connectivity index (χ2v) is 6.03. The van der Waals surface area contributed by atoms with Crippen LogP contribution in [0.5, 0.6) is 11.5 Å². The van der Waals surface area contributed by atoms with Crippen LogP contribution in [0.3, 0.4) is 0 Å². The van der Waals surface area contributed by atoms with E-state index in [4.69, 9.17) is 9.47 Å². The SMILES string of the molecule is COc1cc(C(=O)OCC(=O)NC(C)(C)C)c([N+](=O)[O-])cc1OC(F)F. The Kier molecular flexibility index (Phi) is 6.81. The summed E-state index contributed by atoms with van der Waals surface area (Å²) in [5, 5.41) is 13.7. The molecule has 0 heterocycles. The van der Waals surface area contributed by atoms with Gasteiger partial charge in [0.25, 0.3) is 11.6 Å². The number of carbonyl (C=O) groups is 2. The Bertz CT molecular complexity index is 702. The van der Waals surface area contributed by atoms with Crippen molar-refractivity contribution in [3.05, 3.63) is 27.8 Å². The molecule has 1 N–H and O–H groups in total. The largest absolute Gasteiger partial charge is 0.493 e. The van der Waals surface area contributed by atoms with Crippen LogP contribution in [-0.2, 0) is 9.53 Å². The molecular weight excluding hydrogens is 358 g/mol. The maximum atomic E-state index is 12.4. The molecule has 0 saturated carbocycles. The van der Waals surface area contributed by atoms with Crippen LogP contribution in [0.15, 0.2) is 12.1 Å². The number of carbonyl (C=O) groups excluding carboxylic acids is 2. The van der Waals surface area contributed by atoms with Gasteiger partial charge in [-0.3, -0.25) is 14.9 Å². The standard InChI is InChI=1S/C15H18F2N2O7/c1-15(2,3)18-12(20)7-25-13(21)8-5-10(24-4)11(26-14(16)17)6-9(8)19(22)23/h5-6,14H,7H2,1-4H3,(H,18,20). The Morgan fingerprint density at radius 1 is 1.27 bits per heavy atom. The molecule has 0 bridgehead atoms. The number of hydrogen-bond acceptors (Lipinski definition) is 7. The maximum Gasteiger partial charge on any atom is 0.387 e. The van der Waals surface area contributed by atoms with Crippen LogP contribution in [0.25, 0.3) is 0 Å². The number of rotatable bonds is 7. The van der Waals surface area contributed by atoms with Gasteiger partial charge >= 0.3 is 12.6 Å². The number of benzene rings is 1. The summed E-state index contributed by atoms with van der Waals surface area (Å²) in [6, 6.07) is 1.46. The fourth-order valence-electron chi connectivity index (χ4n) is 1.87. The van der Waals surface area contributed by atoms with Crippen molar-refractivity contribution >= 4 is 17.6 Å². The molecule has 144 valence electrons. The van der Waals surface area contributed by atoms with Crippen LogP contribution in [0.1, 0.15) is 31.1 Å². The zero-order valence-electron chi connectivity index (χ0n) is 14.5. The van der Waals surface area contributed by atoms with Crippen molar-refractivity contribution in [1.82, 2.24) is 5.32 Å². The third-order valence-corrected chi connectivity index (χ3v) is 2.76. The summed E-state index contributed by atoms with van der Waals surface area (Å²) in [5.74, 6) is -2.75. The van der Waals surface area contributed by atoms with E-state index < -0.39 is 52.6 Å². The lowest BCUT2D eigenvalue weighted by Crippen LogP contribution is -2.42. The summed E-state index contributed by atoms with van der Waals surface area (Å²) in [6.07, 6.45) is 0. The van der Waals surface area contributed by atoms with E-state index in [1.807, 2.05) is 0 Å². The van der Waals surface area contributed by atoms with E-state index in [1.54, 1.807) is 20.8 Å². The van der Waals surface area contributed by atoms with E-state index in [9.17, 15) is 28.5 Å². The second kappa shape index (κ2) is 8.41. The van der Waals surface area contributed by atoms with Gasteiger partial charge < -0.3 is 19.5 Å². The first-order chi connectivity index (χ1) is 11.9. The summed E-state index contributed by atoms with van der Waals surface area (Å²) >= 11 is 0. The lowest BCUT2D eigenvalue weighted by Gasteiger charge is -2.20. The van der Waals surface area contributed by atoms with Crippen LogP contribution >= 0.6 is 0 Å². The van der Waals surface area contributed by atoms with E-state index in [-0.39, 0.29) is 5.75 Å². The van der Waals surface area contributed by atoms with Gasteiger partial charge in [-0.15, -0.1) is 0 Å². The summed E-state index contributed by atoms with van der Waals surface area (Å²) in [6.45, 7) is 1.21. The number of amides is 1. The summed E-state index contributed by atoms with van der Waals surface area (Å²) in [4.78, 5) is 33.9. The first kappa shape index (κ1) is 21.1. The van der Waals surface area contributed by atoms with Gasteiger partial charge in [0.1, 0.15) is 5.56 Å². The molecule has 0 saturated heterocycles. The molecule has 1 rings (SSSR count). The second-order valence-electron chi connectivity index (χ2n) is 6.03. The molecule has 1 amide bonds. The predicted molar refractivity (Wildman–Crippen MR) is 84.5 cm³/mol. The molecule has 0 aliphatic rings. The topological polar surface area (TPSA) is 117 Å². The molecular formula is C15H18F2N2O7. The lowest BCUT2D eigenvalue weighted by atomic mass is 10.1. The van der Waals surface area contributed by atoms with Crippen molar-refractivity contribution in [2.75, 3.05) is 13.7 Å². The van der Waals surface area contributed by atoms with Crippen LogP contribution in [-0.4, -0.2) is 42.7 Å². The maximum absolute atomic E-state index is 12.4. The minimum Gasteiger partial charge on any atom is -0.493 e. The van der Waals surface area contributed by atoms with Crippen LogP contribution in [0.2, 0.25) is 0 Å². The van der Waals surface area contributed by atoms with Gasteiger partial charge in [-0.25, -0.2) is 4.79 Å². The van der Waals surface area contributed by atoms with Gasteiger partial charge in [-0.2, -0.15) is 8.78 Å². The molecule has 0 radical (unpaired) electrons. The fourth-order valence-corrected chi connectivity index (χ4v) is 1.87. The molecule has 9 nitrogen and oxygen atoms in total. The van der Waals surface area contributed by atoms with E-state index in [0.29, 0.717) is 6.07 Å². The third kappa shape index (κ3) is 6.15. The highest BCUT2D eigenvalue weighted by molar-refractivity contribution is 5.96. The number of methoxy groups -OCH3 is 1. The molecule has 1 aromatic carbocycles. The van der Waals surface area contributed by atoms with Gasteiger partial charge in [0, 0.05) is 11.6 Å². The highest BCUT2D eigenvalue weighted by Gasteiger charge is 2.27. The third-order valence-electron chi connectivity index (χ3n) is 2.76. The van der Waals surface area contributed by atoms with E-state index in [2.05, 4.69) is 10.1 Å². The molecule has 0 aliphatic carbocycles. The zero-order valence-corrected chi connectivity index (χ0v) is 14.5. The Balaban J connectivity index is 3.08. The first-order valence-corrected chi connectivity index (χ1v) is 7.24. The van der Waals surface area contributed by atoms with Crippen LogP contribution < -0.4 is 14.8 Å². The van der Waals surface area contributed by atoms with Gasteiger partial charge in [0.15, 0.2) is 18.1 Å². The number of nitro groups is 1. The number of alkyl halides is 2. The smallest absolute Gasteiger partial charge is 0.387 e. The number of nitro benzene ring substituents is 1. The number of ether oxygens (including phenoxy) is 3. The molecule has 0 unspecified atom stereocenters. The first-order valence-electron chi connectivity index (χ1n) is 7.24. The Hall–Kier alpha value is -2.98. The molecule has 0 atom stereocenters. The average molecular weight is 376 g/mol. The minimum absolute atomic E-state index is 0.331. The van der Waals surface area contributed by atoms with Crippen molar-refractivity contribution in [2.24, 2.45) is 0 Å². The molecule has 0 spiro atoms. The quantitative estimate of drug-likeness (QED) is 0.441. The van der Waals surface area contributed by atoms with Crippen LogP contribution in [0, 0.1) is 10.1 Å². The minimum atomic E-state index is -3.25. The lowest BCUT2D eigenvalue weighted by molar-refractivity contribution is -0.385. The number of hydrogen-bond donors (Lipinski definition) is 1. The number of nitrogens with zero attached hydrogens (tertiary/aromatic N) is 1. The molecule has 1 aromatic rings. The van der Waals surface area contributed by atoms with E-state index in [1.165, 1.54) is 0 Å². The van der Waals surface area contributed by atoms with Crippen LogP contribution in [0.4, 0.5) is 14.5 Å². The molecule has 26 heavy (non-hydrogen) atoms. The van der Waals surface area contributed by atoms with Crippen molar-refractivity contribution in [3.8, 4) is 11.5 Å². The number of nitrogens with one attached hydrogen (secondary N) is 1. The zero-order chi connectivity index (χ0) is 20.1. The summed E-state index contributed by atoms with van der Waals surface area (Å²) in [5.41, 5.74) is -1.97. The van der Waals surface area contributed by atoms with Gasteiger partial charge in [0.2, 0.25) is 0 Å². The monoisotopic (exact) mass is 376 g/mol. The van der Waals surface area contributed by atoms with Crippen molar-refractivity contribution in [1.29, 1.82) is 0 Å². The Morgan fingerprint density at radius 2 is 1.88 bits per heavy atom. The molecule has 0 aliphatic heterocycles. The van der Waals surface area contributed by atoms with Crippen molar-refractivity contribution in [3.63, 3.8) is 0 Å². The normalized spacial score (nSPS) is 11.0. The highest BCUT2D eigenvalue weighted by atomic mass is 19.3. The molecule has 11 heteroatoms. The highest BCUT2D eigenvalue weighted by Crippen LogP contribution is 2.36. The van der Waals surface area contributed by atoms with E-state index >= 15 is 0 Å². The van der Waals surface area contributed by atoms with Gasteiger partial charge in [-0.1, -0.05) is 0 Å². The van der Waals surface area contributed by atoms with Crippen molar-refractivity contribution in [2.45, 2.75) is 32.9 Å². The predicted octanol–water partition coefficient (Wildman–Crippen LogP) is 2.28. The Labute approximate surface area is 147 Å². The molecule has 0 fully saturated rings. The van der Waals surface area contributed by atoms with Crippen molar-refractivity contribution < 1.29 is 37.5 Å². The van der Waals surface area contributed by atoms with Gasteiger partial charge in [0.05, 0.1) is 18.1 Å². The summed E-state index contributed by atoms with van der Waals surface area (Å²) < 4.78 is 38.5. The number of esters is 1.